The van der Waals surface area contributed by atoms with Crippen molar-refractivity contribution >= 4 is 5.91 Å². The fourth-order valence-corrected chi connectivity index (χ4v) is 2.83. The topological polar surface area (TPSA) is 52.6 Å². The first-order valence-corrected chi connectivity index (χ1v) is 6.54. The van der Waals surface area contributed by atoms with E-state index in [0.29, 0.717) is 19.5 Å². The summed E-state index contributed by atoms with van der Waals surface area (Å²) in [6.07, 6.45) is 1.26. The van der Waals surface area contributed by atoms with Gasteiger partial charge in [0.25, 0.3) is 5.91 Å². The summed E-state index contributed by atoms with van der Waals surface area (Å²) in [5.74, 6) is 0.0744. The second kappa shape index (κ2) is 4.71. The molecule has 2 aliphatic rings. The van der Waals surface area contributed by atoms with E-state index in [-0.39, 0.29) is 12.0 Å². The Kier molecular flexibility index (Phi) is 3.06. The molecule has 1 fully saturated rings. The lowest BCUT2D eigenvalue weighted by molar-refractivity contribution is 0.0763. The Balaban J connectivity index is 1.90. The summed E-state index contributed by atoms with van der Waals surface area (Å²) in [6.45, 7) is 2.92. The first-order chi connectivity index (χ1) is 8.75. The molecule has 1 amide bonds. The van der Waals surface area contributed by atoms with Gasteiger partial charge in [-0.1, -0.05) is 12.1 Å². The molecule has 0 bridgehead atoms. The number of carbonyl (C=O) groups is 1. The number of likely N-dealkylation sites (tertiary alicyclic amines) is 1. The van der Waals surface area contributed by atoms with Crippen molar-refractivity contribution in [2.75, 3.05) is 19.6 Å². The van der Waals surface area contributed by atoms with Crippen molar-refractivity contribution in [3.8, 4) is 0 Å². The van der Waals surface area contributed by atoms with Crippen molar-refractivity contribution in [2.45, 2.75) is 25.5 Å². The molecular formula is C14H18N2O2. The van der Waals surface area contributed by atoms with Crippen molar-refractivity contribution in [1.82, 2.24) is 10.2 Å². The predicted octanol–water partition coefficient (Wildman–Crippen LogP) is 0.539. The van der Waals surface area contributed by atoms with Crippen LogP contribution in [0.4, 0.5) is 0 Å². The average molecular weight is 246 g/mol. The van der Waals surface area contributed by atoms with Crippen LogP contribution >= 0.6 is 0 Å². The van der Waals surface area contributed by atoms with Crippen molar-refractivity contribution in [3.05, 3.63) is 34.9 Å². The fourth-order valence-electron chi connectivity index (χ4n) is 2.83. The first kappa shape index (κ1) is 11.7. The Morgan fingerprint density at radius 2 is 2.33 bits per heavy atom. The molecule has 0 radical (unpaired) electrons. The number of fused-ring (bicyclic) bond motifs is 1. The zero-order valence-corrected chi connectivity index (χ0v) is 10.4. The summed E-state index contributed by atoms with van der Waals surface area (Å²) >= 11 is 0. The Morgan fingerprint density at radius 1 is 1.44 bits per heavy atom. The van der Waals surface area contributed by atoms with Gasteiger partial charge in [-0.05, 0) is 36.6 Å². The lowest BCUT2D eigenvalue weighted by Gasteiger charge is -2.22. The minimum Gasteiger partial charge on any atom is -0.391 e. The number of carbonyl (C=O) groups excluding carboxylic acids is 1. The number of hydrogen-bond donors (Lipinski definition) is 2. The minimum absolute atomic E-state index is 0.0744. The highest BCUT2D eigenvalue weighted by molar-refractivity contribution is 5.96. The van der Waals surface area contributed by atoms with E-state index in [4.69, 9.17) is 0 Å². The summed E-state index contributed by atoms with van der Waals surface area (Å²) in [5.41, 5.74) is 3.23. The Labute approximate surface area is 107 Å². The third-order valence-corrected chi connectivity index (χ3v) is 3.82. The summed E-state index contributed by atoms with van der Waals surface area (Å²) in [4.78, 5) is 14.2. The summed E-state index contributed by atoms with van der Waals surface area (Å²) in [7, 11) is 0. The van der Waals surface area contributed by atoms with E-state index in [0.717, 1.165) is 25.1 Å². The van der Waals surface area contributed by atoms with Crippen molar-refractivity contribution in [2.24, 2.45) is 0 Å². The van der Waals surface area contributed by atoms with Gasteiger partial charge >= 0.3 is 0 Å². The predicted molar refractivity (Wildman–Crippen MR) is 68.4 cm³/mol. The molecule has 0 saturated carbocycles. The SMILES string of the molecule is O=C(c1cccc2c1CCNC2)N1CC[C@H](O)C1. The van der Waals surface area contributed by atoms with E-state index >= 15 is 0 Å². The van der Waals surface area contributed by atoms with Crippen LogP contribution in [0.15, 0.2) is 18.2 Å². The van der Waals surface area contributed by atoms with Crippen molar-refractivity contribution in [3.63, 3.8) is 0 Å². The molecule has 1 atom stereocenters. The zero-order valence-electron chi connectivity index (χ0n) is 10.4. The smallest absolute Gasteiger partial charge is 0.254 e. The normalized spacial score (nSPS) is 22.9. The van der Waals surface area contributed by atoms with Crippen LogP contribution < -0.4 is 5.32 Å². The van der Waals surface area contributed by atoms with Crippen LogP contribution in [0, 0.1) is 0 Å². The molecule has 2 aliphatic heterocycles. The van der Waals surface area contributed by atoms with Crippen molar-refractivity contribution in [1.29, 1.82) is 0 Å². The highest BCUT2D eigenvalue weighted by Gasteiger charge is 2.27. The van der Waals surface area contributed by atoms with Gasteiger partial charge in [0.05, 0.1) is 6.10 Å². The quantitative estimate of drug-likeness (QED) is 0.760. The average Bonchev–Trinajstić information content (AvgIpc) is 2.84. The standard InChI is InChI=1S/C14H18N2O2/c17-11-5-7-16(9-11)14(18)13-3-1-2-10-8-15-6-4-12(10)13/h1-3,11,15,17H,4-9H2/t11-/m0/s1. The van der Waals surface area contributed by atoms with Crippen molar-refractivity contribution < 1.29 is 9.90 Å². The number of rotatable bonds is 1. The summed E-state index contributed by atoms with van der Waals surface area (Å²) in [6, 6.07) is 5.94. The summed E-state index contributed by atoms with van der Waals surface area (Å²) < 4.78 is 0. The van der Waals surface area contributed by atoms with E-state index in [2.05, 4.69) is 11.4 Å². The van der Waals surface area contributed by atoms with E-state index in [1.54, 1.807) is 4.90 Å². The van der Waals surface area contributed by atoms with Gasteiger partial charge < -0.3 is 15.3 Å². The Hall–Kier alpha value is -1.39. The minimum atomic E-state index is -0.352. The number of nitrogens with zero attached hydrogens (tertiary/aromatic N) is 1. The molecule has 4 heteroatoms. The summed E-state index contributed by atoms with van der Waals surface area (Å²) in [5, 5.41) is 12.8. The molecule has 0 unspecified atom stereocenters. The second-order valence-electron chi connectivity index (χ2n) is 5.06. The number of hydrogen-bond acceptors (Lipinski definition) is 3. The fraction of sp³-hybridized carbons (Fsp3) is 0.500. The number of aliphatic hydroxyl groups is 1. The monoisotopic (exact) mass is 246 g/mol. The largest absolute Gasteiger partial charge is 0.391 e. The molecule has 4 nitrogen and oxygen atoms in total. The van der Waals surface area contributed by atoms with E-state index in [1.807, 2.05) is 12.1 Å². The van der Waals surface area contributed by atoms with Crippen LogP contribution in [0.1, 0.15) is 27.9 Å². The first-order valence-electron chi connectivity index (χ1n) is 6.54. The van der Waals surface area contributed by atoms with Crippen LogP contribution in [-0.4, -0.2) is 41.7 Å². The molecule has 0 aliphatic carbocycles. The molecule has 1 aromatic rings. The van der Waals surface area contributed by atoms with Crippen LogP contribution in [0.2, 0.25) is 0 Å². The molecule has 0 aromatic heterocycles. The van der Waals surface area contributed by atoms with Gasteiger partial charge in [0.1, 0.15) is 0 Å². The maximum atomic E-state index is 12.5. The van der Waals surface area contributed by atoms with E-state index in [9.17, 15) is 9.90 Å². The van der Waals surface area contributed by atoms with Gasteiger partial charge in [0.15, 0.2) is 0 Å². The maximum absolute atomic E-state index is 12.5. The van der Waals surface area contributed by atoms with E-state index in [1.165, 1.54) is 11.1 Å². The van der Waals surface area contributed by atoms with Gasteiger partial charge in [-0.3, -0.25) is 4.79 Å². The molecule has 1 saturated heterocycles. The van der Waals surface area contributed by atoms with Gasteiger partial charge in [-0.25, -0.2) is 0 Å². The van der Waals surface area contributed by atoms with Crippen LogP contribution in [0.5, 0.6) is 0 Å². The molecule has 3 rings (SSSR count). The molecule has 2 heterocycles. The highest BCUT2D eigenvalue weighted by atomic mass is 16.3. The molecule has 1 aromatic carbocycles. The zero-order chi connectivity index (χ0) is 12.5. The third kappa shape index (κ3) is 2.02. The maximum Gasteiger partial charge on any atom is 0.254 e. The number of amides is 1. The number of aliphatic hydroxyl groups excluding tert-OH is 1. The molecule has 96 valence electrons. The highest BCUT2D eigenvalue weighted by Crippen LogP contribution is 2.22. The second-order valence-corrected chi connectivity index (χ2v) is 5.06. The lowest BCUT2D eigenvalue weighted by atomic mass is 9.95. The van der Waals surface area contributed by atoms with Crippen LogP contribution in [0.25, 0.3) is 0 Å². The van der Waals surface area contributed by atoms with Crippen LogP contribution in [0.3, 0.4) is 0 Å². The van der Waals surface area contributed by atoms with Gasteiger partial charge in [0, 0.05) is 25.2 Å². The Bertz CT molecular complexity index is 473. The third-order valence-electron chi connectivity index (χ3n) is 3.82. The van der Waals surface area contributed by atoms with Gasteiger partial charge in [-0.15, -0.1) is 0 Å². The number of nitrogens with one attached hydrogen (secondary N) is 1. The molecule has 2 N–H and O–H groups in total. The van der Waals surface area contributed by atoms with Gasteiger partial charge in [0.2, 0.25) is 0 Å². The Morgan fingerprint density at radius 3 is 3.11 bits per heavy atom. The molecular weight excluding hydrogens is 228 g/mol. The van der Waals surface area contributed by atoms with E-state index < -0.39 is 0 Å². The van der Waals surface area contributed by atoms with Gasteiger partial charge in [-0.2, -0.15) is 0 Å². The van der Waals surface area contributed by atoms with Crippen LogP contribution in [-0.2, 0) is 13.0 Å². The number of β-amino-alcohol motifs (C(OH)–C–C–N with tert-alkyl or cyclic N) is 1. The molecule has 0 spiro atoms. The number of benzene rings is 1. The lowest BCUT2D eigenvalue weighted by Crippen LogP contribution is -2.32. The molecule has 18 heavy (non-hydrogen) atoms.